The minimum Gasteiger partial charge on any atom is -0.491 e. The summed E-state index contributed by atoms with van der Waals surface area (Å²) in [4.78, 5) is 14.4. The first-order valence-electron chi connectivity index (χ1n) is 9.53. The summed E-state index contributed by atoms with van der Waals surface area (Å²) in [6.07, 6.45) is -0.579. The maximum atomic E-state index is 13.9. The van der Waals surface area contributed by atoms with Crippen LogP contribution in [0.25, 0.3) is 0 Å². The molecular weight excluding hydrogens is 361 g/mol. The van der Waals surface area contributed by atoms with Crippen LogP contribution in [0.2, 0.25) is 0 Å². The van der Waals surface area contributed by atoms with Gasteiger partial charge in [-0.15, -0.1) is 0 Å². The number of aliphatic hydroxyl groups is 1. The molecule has 0 saturated carbocycles. The summed E-state index contributed by atoms with van der Waals surface area (Å²) in [7, 11) is 0. The van der Waals surface area contributed by atoms with Crippen LogP contribution in [0.1, 0.15) is 6.92 Å². The van der Waals surface area contributed by atoms with Crippen molar-refractivity contribution in [3.05, 3.63) is 54.3 Å². The third-order valence-electron chi connectivity index (χ3n) is 4.81. The van der Waals surface area contributed by atoms with Crippen LogP contribution < -0.4 is 19.9 Å². The second-order valence-corrected chi connectivity index (χ2v) is 7.06. The quantitative estimate of drug-likeness (QED) is 0.660. The number of hydrogen-bond donors (Lipinski definition) is 3. The molecule has 0 bridgehead atoms. The van der Waals surface area contributed by atoms with Crippen molar-refractivity contribution in [1.29, 1.82) is 0 Å². The summed E-state index contributed by atoms with van der Waals surface area (Å²) in [6.45, 7) is 5.46. The Kier molecular flexibility index (Phi) is 6.84. The molecule has 1 fully saturated rings. The molecule has 1 heterocycles. The number of carbonyl (C=O) groups excluding carboxylic acids is 1. The molecule has 0 aliphatic carbocycles. The summed E-state index contributed by atoms with van der Waals surface area (Å²) in [5.74, 6) is 0.332. The van der Waals surface area contributed by atoms with E-state index in [9.17, 15) is 14.3 Å². The van der Waals surface area contributed by atoms with Crippen LogP contribution in [0.15, 0.2) is 48.5 Å². The van der Waals surface area contributed by atoms with Gasteiger partial charge >= 0.3 is 0 Å². The summed E-state index contributed by atoms with van der Waals surface area (Å²) >= 11 is 0. The largest absolute Gasteiger partial charge is 0.491 e. The topological polar surface area (TPSA) is 66.2 Å². The molecule has 2 aromatic rings. The molecule has 150 valence electrons. The molecular formula is C21H27FN3O3+. The van der Waals surface area contributed by atoms with E-state index in [1.165, 1.54) is 17.9 Å². The smallest absolute Gasteiger partial charge is 0.221 e. The third kappa shape index (κ3) is 5.68. The Morgan fingerprint density at radius 1 is 1.21 bits per heavy atom. The van der Waals surface area contributed by atoms with Crippen LogP contribution in [-0.2, 0) is 4.79 Å². The molecule has 1 aliphatic rings. The Labute approximate surface area is 164 Å². The predicted octanol–water partition coefficient (Wildman–Crippen LogP) is 0.929. The first kappa shape index (κ1) is 20.1. The van der Waals surface area contributed by atoms with E-state index in [1.807, 2.05) is 6.07 Å². The lowest BCUT2D eigenvalue weighted by Gasteiger charge is -2.34. The van der Waals surface area contributed by atoms with Gasteiger partial charge in [-0.3, -0.25) is 4.79 Å². The molecule has 6 nitrogen and oxygen atoms in total. The van der Waals surface area contributed by atoms with Gasteiger partial charge in [0, 0.05) is 12.6 Å². The molecule has 0 spiro atoms. The normalized spacial score (nSPS) is 15.9. The van der Waals surface area contributed by atoms with Crippen LogP contribution in [0.5, 0.6) is 5.75 Å². The van der Waals surface area contributed by atoms with Gasteiger partial charge in [0.05, 0.1) is 31.9 Å². The molecule has 0 radical (unpaired) electrons. The Hall–Kier alpha value is -2.64. The average molecular weight is 388 g/mol. The number of amides is 1. The van der Waals surface area contributed by atoms with Gasteiger partial charge in [-0.2, -0.15) is 0 Å². The van der Waals surface area contributed by atoms with Crippen molar-refractivity contribution in [1.82, 2.24) is 0 Å². The number of quaternary nitrogens is 1. The maximum absolute atomic E-state index is 13.9. The van der Waals surface area contributed by atoms with E-state index in [0.717, 1.165) is 26.2 Å². The van der Waals surface area contributed by atoms with E-state index in [-0.39, 0.29) is 18.3 Å². The van der Waals surface area contributed by atoms with Gasteiger partial charge < -0.3 is 25.0 Å². The summed E-state index contributed by atoms with van der Waals surface area (Å²) in [6, 6.07) is 13.9. The van der Waals surface area contributed by atoms with E-state index < -0.39 is 6.10 Å². The lowest BCUT2D eigenvalue weighted by atomic mass is 10.2. The number of ether oxygens (including phenoxy) is 1. The van der Waals surface area contributed by atoms with Gasteiger partial charge in [0.25, 0.3) is 0 Å². The van der Waals surface area contributed by atoms with E-state index in [0.29, 0.717) is 23.7 Å². The average Bonchev–Trinajstić information content (AvgIpc) is 2.68. The number of carbonyl (C=O) groups is 1. The molecule has 1 atom stereocenters. The van der Waals surface area contributed by atoms with Crippen molar-refractivity contribution < 1.29 is 23.9 Å². The molecule has 1 saturated heterocycles. The van der Waals surface area contributed by atoms with Crippen molar-refractivity contribution in [3.63, 3.8) is 0 Å². The van der Waals surface area contributed by atoms with Gasteiger partial charge in [-0.05, 0) is 36.4 Å². The molecule has 0 aromatic heterocycles. The van der Waals surface area contributed by atoms with Crippen molar-refractivity contribution in [2.45, 2.75) is 13.0 Å². The second-order valence-electron chi connectivity index (χ2n) is 7.06. The maximum Gasteiger partial charge on any atom is 0.221 e. The number of para-hydroxylation sites is 1. The molecule has 3 N–H and O–H groups in total. The first-order valence-corrected chi connectivity index (χ1v) is 9.53. The van der Waals surface area contributed by atoms with E-state index >= 15 is 0 Å². The predicted molar refractivity (Wildman–Crippen MR) is 106 cm³/mol. The standard InChI is InChI=1S/C21H26FN3O3/c1-16(26)23-17-6-8-19(9-7-17)28-15-18(27)14-24-10-12-25(13-11-24)21-5-3-2-4-20(21)22/h2-9,18,27H,10-15H2,1H3,(H,23,26)/p+1/t18-/m1/s1. The number of halogens is 1. The summed E-state index contributed by atoms with van der Waals surface area (Å²) < 4.78 is 19.5. The zero-order valence-electron chi connectivity index (χ0n) is 16.0. The van der Waals surface area contributed by atoms with Gasteiger partial charge in [0.1, 0.15) is 30.8 Å². The first-order chi connectivity index (χ1) is 13.5. The highest BCUT2D eigenvalue weighted by molar-refractivity contribution is 5.88. The minimum atomic E-state index is -0.579. The number of aliphatic hydroxyl groups excluding tert-OH is 1. The molecule has 1 amide bonds. The fourth-order valence-corrected chi connectivity index (χ4v) is 3.40. The molecule has 28 heavy (non-hydrogen) atoms. The number of benzene rings is 2. The van der Waals surface area contributed by atoms with Crippen LogP contribution in [-0.4, -0.2) is 56.4 Å². The summed E-state index contributed by atoms with van der Waals surface area (Å²) in [5, 5.41) is 13.0. The molecule has 0 unspecified atom stereocenters. The highest BCUT2D eigenvalue weighted by Crippen LogP contribution is 2.18. The van der Waals surface area contributed by atoms with Crippen molar-refractivity contribution in [3.8, 4) is 5.75 Å². The monoisotopic (exact) mass is 388 g/mol. The van der Waals surface area contributed by atoms with Crippen LogP contribution >= 0.6 is 0 Å². The lowest BCUT2D eigenvalue weighted by molar-refractivity contribution is -0.903. The number of anilines is 2. The molecule has 2 aromatic carbocycles. The van der Waals surface area contributed by atoms with Gasteiger partial charge in [-0.1, -0.05) is 12.1 Å². The Morgan fingerprint density at radius 3 is 2.54 bits per heavy atom. The highest BCUT2D eigenvalue weighted by Gasteiger charge is 2.24. The van der Waals surface area contributed by atoms with Crippen molar-refractivity contribution >= 4 is 17.3 Å². The van der Waals surface area contributed by atoms with E-state index in [2.05, 4.69) is 10.2 Å². The second kappa shape index (κ2) is 9.52. The van der Waals surface area contributed by atoms with Gasteiger partial charge in [0.15, 0.2) is 0 Å². The number of piperazine rings is 1. The van der Waals surface area contributed by atoms with Crippen LogP contribution in [0.3, 0.4) is 0 Å². The Morgan fingerprint density at radius 2 is 1.89 bits per heavy atom. The SMILES string of the molecule is CC(=O)Nc1ccc(OC[C@H](O)C[NH+]2CCN(c3ccccc3F)CC2)cc1. The summed E-state index contributed by atoms with van der Waals surface area (Å²) in [5.41, 5.74) is 1.35. The Balaban J connectivity index is 1.40. The van der Waals surface area contributed by atoms with E-state index in [1.54, 1.807) is 36.4 Å². The lowest BCUT2D eigenvalue weighted by Crippen LogP contribution is -3.16. The van der Waals surface area contributed by atoms with Gasteiger partial charge in [0.2, 0.25) is 5.91 Å². The molecule has 3 rings (SSSR count). The molecule has 7 heteroatoms. The van der Waals surface area contributed by atoms with E-state index in [4.69, 9.17) is 4.74 Å². The number of nitrogens with one attached hydrogen (secondary N) is 2. The zero-order valence-corrected chi connectivity index (χ0v) is 16.0. The number of rotatable bonds is 7. The van der Waals surface area contributed by atoms with Crippen LogP contribution in [0.4, 0.5) is 15.8 Å². The third-order valence-corrected chi connectivity index (χ3v) is 4.81. The molecule has 1 aliphatic heterocycles. The highest BCUT2D eigenvalue weighted by atomic mass is 19.1. The minimum absolute atomic E-state index is 0.123. The Bertz CT molecular complexity index is 777. The van der Waals surface area contributed by atoms with Crippen molar-refractivity contribution in [2.24, 2.45) is 0 Å². The van der Waals surface area contributed by atoms with Crippen LogP contribution in [0, 0.1) is 5.82 Å². The fraction of sp³-hybridized carbons (Fsp3) is 0.381. The van der Waals surface area contributed by atoms with Gasteiger partial charge in [-0.25, -0.2) is 4.39 Å². The fourth-order valence-electron chi connectivity index (χ4n) is 3.40. The number of hydrogen-bond acceptors (Lipinski definition) is 4. The zero-order chi connectivity index (χ0) is 19.9. The van der Waals surface area contributed by atoms with Crippen molar-refractivity contribution in [2.75, 3.05) is 49.5 Å². The number of nitrogens with zero attached hydrogens (tertiary/aromatic N) is 1.